The number of esters is 1. The summed E-state index contributed by atoms with van der Waals surface area (Å²) in [6.45, 7) is 0.247. The number of aromatic nitrogens is 2. The fourth-order valence-corrected chi connectivity index (χ4v) is 2.08. The van der Waals surface area contributed by atoms with Gasteiger partial charge in [0.15, 0.2) is 0 Å². The number of methoxy groups -OCH3 is 2. The highest BCUT2D eigenvalue weighted by Crippen LogP contribution is 2.21. The molecule has 0 radical (unpaired) electrons. The van der Waals surface area contributed by atoms with Gasteiger partial charge in [0.05, 0.1) is 12.7 Å². The first-order chi connectivity index (χ1) is 10.0. The molecule has 0 bridgehead atoms. The van der Waals surface area contributed by atoms with Gasteiger partial charge in [-0.1, -0.05) is 12.2 Å². The third-order valence-corrected chi connectivity index (χ3v) is 2.91. The van der Waals surface area contributed by atoms with E-state index in [1.54, 1.807) is 6.07 Å². The number of aromatic amines is 1. The van der Waals surface area contributed by atoms with Gasteiger partial charge in [-0.2, -0.15) is 0 Å². The minimum absolute atomic E-state index is 0.122. The quantitative estimate of drug-likeness (QED) is 0.695. The number of nitrogens with one attached hydrogen (secondary N) is 1. The van der Waals surface area contributed by atoms with Crippen molar-refractivity contribution in [2.75, 3.05) is 14.2 Å². The second kappa shape index (κ2) is 6.55. The largest absolute Gasteiger partial charge is 0.465 e. The lowest BCUT2D eigenvalue weighted by molar-refractivity contribution is 0.0600. The van der Waals surface area contributed by atoms with Crippen LogP contribution in [0.1, 0.15) is 16.2 Å². The molecule has 0 fully saturated rings. The fraction of sp³-hybridized carbons (Fsp3) is 0.214. The molecule has 2 rings (SSSR count). The number of benzene rings is 1. The summed E-state index contributed by atoms with van der Waals surface area (Å²) in [7, 11) is 2.77. The van der Waals surface area contributed by atoms with Crippen LogP contribution in [0.4, 0.5) is 4.39 Å². The van der Waals surface area contributed by atoms with Crippen molar-refractivity contribution in [1.29, 1.82) is 0 Å². The van der Waals surface area contributed by atoms with E-state index in [2.05, 4.69) is 14.7 Å². The van der Waals surface area contributed by atoms with E-state index < -0.39 is 11.8 Å². The van der Waals surface area contributed by atoms with Crippen LogP contribution in [0.2, 0.25) is 0 Å². The number of nitrogens with zero attached hydrogens (tertiary/aromatic N) is 1. The van der Waals surface area contributed by atoms with Crippen LogP contribution in [-0.4, -0.2) is 30.2 Å². The molecule has 0 saturated heterocycles. The highest BCUT2D eigenvalue weighted by atomic mass is 32.1. The van der Waals surface area contributed by atoms with Crippen molar-refractivity contribution < 1.29 is 18.7 Å². The molecule has 1 aromatic heterocycles. The van der Waals surface area contributed by atoms with Crippen LogP contribution in [0.3, 0.4) is 0 Å². The van der Waals surface area contributed by atoms with Crippen LogP contribution in [0.15, 0.2) is 24.3 Å². The number of carbonyl (C=O) groups is 1. The second-order valence-corrected chi connectivity index (χ2v) is 4.65. The van der Waals surface area contributed by atoms with Crippen LogP contribution in [0.25, 0.3) is 11.3 Å². The van der Waals surface area contributed by atoms with E-state index in [0.29, 0.717) is 21.7 Å². The fourth-order valence-electron chi connectivity index (χ4n) is 1.85. The first-order valence-corrected chi connectivity index (χ1v) is 6.42. The molecule has 0 saturated carbocycles. The Morgan fingerprint density at radius 2 is 2.10 bits per heavy atom. The van der Waals surface area contributed by atoms with Crippen molar-refractivity contribution in [1.82, 2.24) is 9.97 Å². The Kier molecular flexibility index (Phi) is 4.77. The molecule has 0 amide bonds. The molecule has 0 aliphatic rings. The van der Waals surface area contributed by atoms with Crippen molar-refractivity contribution in [2.24, 2.45) is 0 Å². The average molecular weight is 308 g/mol. The molecule has 0 aliphatic heterocycles. The lowest BCUT2D eigenvalue weighted by Gasteiger charge is -2.07. The Morgan fingerprint density at radius 1 is 1.33 bits per heavy atom. The summed E-state index contributed by atoms with van der Waals surface area (Å²) >= 11 is 5.07. The Bertz CT molecular complexity index is 730. The molecule has 1 heterocycles. The third-order valence-electron chi connectivity index (χ3n) is 2.70. The van der Waals surface area contributed by atoms with Crippen molar-refractivity contribution >= 4 is 18.2 Å². The van der Waals surface area contributed by atoms with E-state index in [9.17, 15) is 9.18 Å². The molecule has 0 unspecified atom stereocenters. The van der Waals surface area contributed by atoms with E-state index in [1.165, 1.54) is 26.4 Å². The normalized spacial score (nSPS) is 10.4. The Hall–Kier alpha value is -2.12. The van der Waals surface area contributed by atoms with Crippen LogP contribution in [-0.2, 0) is 16.1 Å². The molecule has 1 aromatic carbocycles. The highest BCUT2D eigenvalue weighted by molar-refractivity contribution is 7.71. The molecular formula is C14H13FN2O3S. The summed E-state index contributed by atoms with van der Waals surface area (Å²) in [6, 6.07) is 5.52. The summed E-state index contributed by atoms with van der Waals surface area (Å²) in [4.78, 5) is 18.6. The van der Waals surface area contributed by atoms with Gasteiger partial charge in [0.1, 0.15) is 22.9 Å². The number of hydrogen-bond donors (Lipinski definition) is 1. The van der Waals surface area contributed by atoms with Gasteiger partial charge in [-0.3, -0.25) is 0 Å². The van der Waals surface area contributed by atoms with Gasteiger partial charge >= 0.3 is 5.97 Å². The first kappa shape index (κ1) is 15.3. The van der Waals surface area contributed by atoms with Gasteiger partial charge in [0, 0.05) is 18.4 Å². The minimum Gasteiger partial charge on any atom is -0.465 e. The van der Waals surface area contributed by atoms with Crippen LogP contribution >= 0.6 is 12.2 Å². The molecule has 0 atom stereocenters. The first-order valence-electron chi connectivity index (χ1n) is 6.02. The Balaban J connectivity index is 2.53. The minimum atomic E-state index is -0.611. The van der Waals surface area contributed by atoms with Gasteiger partial charge in [-0.15, -0.1) is 0 Å². The zero-order chi connectivity index (χ0) is 15.4. The number of H-pyrrole nitrogens is 1. The van der Waals surface area contributed by atoms with E-state index in [0.717, 1.165) is 6.07 Å². The SMILES string of the molecule is COCc1nc(=S)cc(-c2cc(F)cc(C(=O)OC)c2)[nH]1. The van der Waals surface area contributed by atoms with E-state index in [-0.39, 0.29) is 12.2 Å². The molecule has 5 nitrogen and oxygen atoms in total. The zero-order valence-corrected chi connectivity index (χ0v) is 12.3. The molecule has 2 aromatic rings. The Labute approximate surface area is 125 Å². The van der Waals surface area contributed by atoms with E-state index in [4.69, 9.17) is 17.0 Å². The maximum Gasteiger partial charge on any atom is 0.337 e. The summed E-state index contributed by atoms with van der Waals surface area (Å²) in [5, 5.41) is 0. The summed E-state index contributed by atoms with van der Waals surface area (Å²) < 4.78 is 23.6. The van der Waals surface area contributed by atoms with E-state index in [1.807, 2.05) is 0 Å². The van der Waals surface area contributed by atoms with Gasteiger partial charge < -0.3 is 14.5 Å². The lowest BCUT2D eigenvalue weighted by Crippen LogP contribution is -2.03. The average Bonchev–Trinajstić information content (AvgIpc) is 2.45. The Morgan fingerprint density at radius 3 is 2.76 bits per heavy atom. The third kappa shape index (κ3) is 3.71. The molecule has 21 heavy (non-hydrogen) atoms. The van der Waals surface area contributed by atoms with Gasteiger partial charge in [0.2, 0.25) is 0 Å². The maximum absolute atomic E-state index is 13.7. The number of carbonyl (C=O) groups excluding carboxylic acids is 1. The molecule has 0 spiro atoms. The summed E-state index contributed by atoms with van der Waals surface area (Å²) in [5.41, 5.74) is 1.14. The van der Waals surface area contributed by atoms with Crippen molar-refractivity contribution in [3.63, 3.8) is 0 Å². The summed E-state index contributed by atoms with van der Waals surface area (Å²) in [6.07, 6.45) is 0. The predicted octanol–water partition coefficient (Wildman–Crippen LogP) is 2.88. The molecule has 110 valence electrons. The molecular weight excluding hydrogens is 295 g/mol. The monoisotopic (exact) mass is 308 g/mol. The van der Waals surface area contributed by atoms with Crippen LogP contribution < -0.4 is 0 Å². The van der Waals surface area contributed by atoms with Crippen molar-refractivity contribution in [3.05, 3.63) is 46.1 Å². The molecule has 1 N–H and O–H groups in total. The maximum atomic E-state index is 13.7. The number of hydrogen-bond acceptors (Lipinski definition) is 5. The topological polar surface area (TPSA) is 64.2 Å². The van der Waals surface area contributed by atoms with Gasteiger partial charge in [0.25, 0.3) is 0 Å². The summed E-state index contributed by atoms with van der Waals surface area (Å²) in [5.74, 6) is -0.637. The number of halogens is 1. The smallest absolute Gasteiger partial charge is 0.337 e. The van der Waals surface area contributed by atoms with E-state index >= 15 is 0 Å². The van der Waals surface area contributed by atoms with Crippen molar-refractivity contribution in [3.8, 4) is 11.3 Å². The molecule has 0 aliphatic carbocycles. The highest BCUT2D eigenvalue weighted by Gasteiger charge is 2.11. The van der Waals surface area contributed by atoms with Crippen LogP contribution in [0.5, 0.6) is 0 Å². The predicted molar refractivity (Wildman–Crippen MR) is 76.9 cm³/mol. The second-order valence-electron chi connectivity index (χ2n) is 4.23. The van der Waals surface area contributed by atoms with Crippen LogP contribution in [0, 0.1) is 10.5 Å². The molecule has 7 heteroatoms. The van der Waals surface area contributed by atoms with Crippen molar-refractivity contribution in [2.45, 2.75) is 6.61 Å². The van der Waals surface area contributed by atoms with Gasteiger partial charge in [-0.25, -0.2) is 14.2 Å². The number of rotatable bonds is 4. The van der Waals surface area contributed by atoms with Gasteiger partial charge in [-0.05, 0) is 24.3 Å². The lowest BCUT2D eigenvalue weighted by atomic mass is 10.1. The standard InChI is InChI=1S/C14H13FN2O3S/c1-19-7-12-16-11(6-13(21)17-12)8-3-9(14(18)20-2)5-10(15)4-8/h3-6H,7H2,1-2H3,(H,16,17,21). The zero-order valence-electron chi connectivity index (χ0n) is 11.5. The number of ether oxygens (including phenoxy) is 2.